The van der Waals surface area contributed by atoms with Gasteiger partial charge >= 0.3 is 5.69 Å². The first-order valence-corrected chi connectivity index (χ1v) is 4.76. The van der Waals surface area contributed by atoms with Crippen molar-refractivity contribution in [2.75, 3.05) is 0 Å². The highest BCUT2D eigenvalue weighted by Crippen LogP contribution is 2.11. The van der Waals surface area contributed by atoms with E-state index in [4.69, 9.17) is 5.39 Å². The van der Waals surface area contributed by atoms with E-state index in [1.165, 1.54) is 0 Å². The van der Waals surface area contributed by atoms with E-state index in [0.29, 0.717) is 5.69 Å². The molecule has 74 valence electrons. The third-order valence-electron chi connectivity index (χ3n) is 2.01. The minimum Gasteiger partial charge on any atom is -0.265 e. The SMILES string of the molecule is N#[N+]c1ccc(C#Cc2ccncc2)cc1. The van der Waals surface area contributed by atoms with E-state index in [2.05, 4.69) is 21.8 Å². The Kier molecular flexibility index (Phi) is 2.92. The highest BCUT2D eigenvalue weighted by atomic mass is 14.8. The van der Waals surface area contributed by atoms with Crippen LogP contribution >= 0.6 is 0 Å². The van der Waals surface area contributed by atoms with Gasteiger partial charge < -0.3 is 0 Å². The monoisotopic (exact) mass is 206 g/mol. The summed E-state index contributed by atoms with van der Waals surface area (Å²) < 4.78 is 0. The van der Waals surface area contributed by atoms with Crippen LogP contribution in [0.25, 0.3) is 4.98 Å². The largest absolute Gasteiger partial charge is 0.385 e. The molecule has 0 amide bonds. The summed E-state index contributed by atoms with van der Waals surface area (Å²) in [5.74, 6) is 6.03. The van der Waals surface area contributed by atoms with Crippen molar-refractivity contribution in [1.82, 2.24) is 4.98 Å². The number of aromatic nitrogens is 1. The molecule has 0 spiro atoms. The molecule has 0 aliphatic rings. The van der Waals surface area contributed by atoms with Crippen LogP contribution in [-0.2, 0) is 0 Å². The van der Waals surface area contributed by atoms with E-state index >= 15 is 0 Å². The molecule has 1 aromatic heterocycles. The van der Waals surface area contributed by atoms with E-state index < -0.39 is 0 Å². The van der Waals surface area contributed by atoms with Gasteiger partial charge in [-0.1, -0.05) is 11.8 Å². The number of diazo groups is 1. The molecule has 0 fully saturated rings. The Morgan fingerprint density at radius 1 is 0.875 bits per heavy atom. The van der Waals surface area contributed by atoms with E-state index in [9.17, 15) is 0 Å². The zero-order valence-electron chi connectivity index (χ0n) is 8.46. The molecular formula is C13H8N3+. The predicted octanol–water partition coefficient (Wildman–Crippen LogP) is 2.97. The molecule has 3 heteroatoms. The van der Waals surface area contributed by atoms with Crippen LogP contribution in [0.2, 0.25) is 0 Å². The highest BCUT2D eigenvalue weighted by Gasteiger charge is 2.00. The fraction of sp³-hybridized carbons (Fsp3) is 0. The van der Waals surface area contributed by atoms with Gasteiger partial charge in [0.05, 0.1) is 0 Å². The quantitative estimate of drug-likeness (QED) is 0.491. The van der Waals surface area contributed by atoms with Crippen molar-refractivity contribution in [3.8, 4) is 11.8 Å². The van der Waals surface area contributed by atoms with Gasteiger partial charge in [-0.2, -0.15) is 0 Å². The Balaban J connectivity index is 2.22. The third-order valence-corrected chi connectivity index (χ3v) is 2.01. The lowest BCUT2D eigenvalue weighted by Gasteiger charge is -1.87. The van der Waals surface area contributed by atoms with Gasteiger partial charge in [0.15, 0.2) is 4.98 Å². The first-order chi connectivity index (χ1) is 7.88. The van der Waals surface area contributed by atoms with Crippen molar-refractivity contribution in [2.45, 2.75) is 0 Å². The summed E-state index contributed by atoms with van der Waals surface area (Å²) in [6.45, 7) is 0. The number of hydrogen-bond donors (Lipinski definition) is 0. The number of benzene rings is 1. The Bertz CT molecular complexity index is 569. The summed E-state index contributed by atoms with van der Waals surface area (Å²) in [7, 11) is 0. The molecule has 0 aliphatic heterocycles. The van der Waals surface area contributed by atoms with Crippen LogP contribution in [-0.4, -0.2) is 4.98 Å². The summed E-state index contributed by atoms with van der Waals surface area (Å²) in [6.07, 6.45) is 3.41. The number of pyridine rings is 1. The van der Waals surface area contributed by atoms with Gasteiger partial charge in [-0.3, -0.25) is 4.98 Å². The van der Waals surface area contributed by atoms with Crippen molar-refractivity contribution in [3.05, 3.63) is 64.9 Å². The van der Waals surface area contributed by atoms with Crippen LogP contribution in [0, 0.1) is 17.2 Å². The molecule has 0 N–H and O–H groups in total. The molecule has 0 radical (unpaired) electrons. The molecule has 0 saturated carbocycles. The van der Waals surface area contributed by atoms with Crippen LogP contribution in [0.3, 0.4) is 0 Å². The molecule has 1 aromatic carbocycles. The number of hydrogen-bond acceptors (Lipinski definition) is 2. The highest BCUT2D eigenvalue weighted by molar-refractivity contribution is 5.49. The van der Waals surface area contributed by atoms with Crippen molar-refractivity contribution in [3.63, 3.8) is 0 Å². The standard InChI is InChI=1S/C13H8N3/c14-16-13-5-3-11(4-6-13)1-2-12-7-9-15-10-8-12/h3-10H/q+1. The maximum absolute atomic E-state index is 8.52. The zero-order valence-corrected chi connectivity index (χ0v) is 8.46. The van der Waals surface area contributed by atoms with Crippen LogP contribution in [0.15, 0.2) is 48.8 Å². The lowest BCUT2D eigenvalue weighted by atomic mass is 10.2. The van der Waals surface area contributed by atoms with Gasteiger partial charge in [-0.25, -0.2) is 0 Å². The maximum Gasteiger partial charge on any atom is 0.385 e. The predicted molar refractivity (Wildman–Crippen MR) is 61.4 cm³/mol. The minimum atomic E-state index is 0.523. The second kappa shape index (κ2) is 4.72. The average molecular weight is 206 g/mol. The van der Waals surface area contributed by atoms with Crippen LogP contribution in [0.5, 0.6) is 0 Å². The molecule has 0 aliphatic carbocycles. The molecule has 0 atom stereocenters. The topological polar surface area (TPSA) is 41.0 Å². The van der Waals surface area contributed by atoms with E-state index in [0.717, 1.165) is 11.1 Å². The molecule has 0 bridgehead atoms. The van der Waals surface area contributed by atoms with Crippen molar-refractivity contribution in [2.24, 2.45) is 0 Å². The summed E-state index contributed by atoms with van der Waals surface area (Å²) in [5.41, 5.74) is 2.32. The molecule has 2 rings (SSSR count). The maximum atomic E-state index is 8.52. The first-order valence-electron chi connectivity index (χ1n) is 4.76. The minimum absolute atomic E-state index is 0.523. The third kappa shape index (κ3) is 2.43. The molecule has 0 saturated heterocycles. The van der Waals surface area contributed by atoms with E-state index in [1.807, 2.05) is 24.3 Å². The molecule has 2 aromatic rings. The average Bonchev–Trinajstić information content (AvgIpc) is 2.38. The smallest absolute Gasteiger partial charge is 0.265 e. The summed E-state index contributed by atoms with van der Waals surface area (Å²) in [5, 5.41) is 8.52. The van der Waals surface area contributed by atoms with E-state index in [1.54, 1.807) is 24.5 Å². The Hall–Kier alpha value is -2.65. The fourth-order valence-electron chi connectivity index (χ4n) is 1.19. The van der Waals surface area contributed by atoms with Gasteiger partial charge in [0.2, 0.25) is 5.39 Å². The van der Waals surface area contributed by atoms with Crippen molar-refractivity contribution < 1.29 is 0 Å². The van der Waals surface area contributed by atoms with Gasteiger partial charge in [0, 0.05) is 35.7 Å². The molecule has 16 heavy (non-hydrogen) atoms. The number of rotatable bonds is 0. The zero-order chi connectivity index (χ0) is 11.2. The van der Waals surface area contributed by atoms with Gasteiger partial charge in [-0.05, 0) is 24.3 Å². The van der Waals surface area contributed by atoms with Crippen molar-refractivity contribution in [1.29, 1.82) is 5.39 Å². The molecule has 1 heterocycles. The Labute approximate surface area is 93.4 Å². The second-order valence-corrected chi connectivity index (χ2v) is 3.13. The fourth-order valence-corrected chi connectivity index (χ4v) is 1.19. The van der Waals surface area contributed by atoms with E-state index in [-0.39, 0.29) is 0 Å². The van der Waals surface area contributed by atoms with Crippen LogP contribution < -0.4 is 0 Å². The van der Waals surface area contributed by atoms with Gasteiger partial charge in [0.25, 0.3) is 0 Å². The van der Waals surface area contributed by atoms with Gasteiger partial charge in [0.1, 0.15) is 0 Å². The summed E-state index contributed by atoms with van der Waals surface area (Å²) >= 11 is 0. The molecule has 3 nitrogen and oxygen atoms in total. The second-order valence-electron chi connectivity index (χ2n) is 3.13. The number of nitrogens with zero attached hydrogens (tertiary/aromatic N) is 3. The lowest BCUT2D eigenvalue weighted by molar-refractivity contribution is 1.32. The lowest BCUT2D eigenvalue weighted by Crippen LogP contribution is -1.76. The summed E-state index contributed by atoms with van der Waals surface area (Å²) in [6, 6.07) is 10.7. The first kappa shape index (κ1) is 9.89. The van der Waals surface area contributed by atoms with Crippen LogP contribution in [0.1, 0.15) is 11.1 Å². The Morgan fingerprint density at radius 3 is 2.00 bits per heavy atom. The molecule has 0 unspecified atom stereocenters. The molecular weight excluding hydrogens is 198 g/mol. The van der Waals surface area contributed by atoms with Crippen LogP contribution in [0.4, 0.5) is 5.69 Å². The normalized spacial score (nSPS) is 8.69. The van der Waals surface area contributed by atoms with Gasteiger partial charge in [-0.15, -0.1) is 0 Å². The summed E-state index contributed by atoms with van der Waals surface area (Å²) in [4.78, 5) is 6.99. The van der Waals surface area contributed by atoms with Crippen molar-refractivity contribution >= 4 is 5.69 Å². The Morgan fingerprint density at radius 2 is 1.44 bits per heavy atom.